The van der Waals surface area contributed by atoms with E-state index in [4.69, 9.17) is 0 Å². The second-order valence-corrected chi connectivity index (χ2v) is 15.4. The molecule has 2 atom stereocenters. The SMILES string of the molecule is CN(C(=O)[C@H](Cc1cc(F)cc(F)c1)NC(=O)c1cccc(C(=O)N[C@@H](Cc2cc(F)cc(F)c2)C(=O)N(C)c2ccc3scnc3c2)c1)c1ccc2sccc2c1. The van der Waals surface area contributed by atoms with Gasteiger partial charge in [0.2, 0.25) is 11.8 Å². The highest BCUT2D eigenvalue weighted by atomic mass is 32.1. The van der Waals surface area contributed by atoms with Gasteiger partial charge in [0.15, 0.2) is 0 Å². The molecule has 4 amide bonds. The largest absolute Gasteiger partial charge is 0.340 e. The number of aromatic nitrogens is 1. The minimum Gasteiger partial charge on any atom is -0.340 e. The van der Waals surface area contributed by atoms with Gasteiger partial charge in [0.1, 0.15) is 35.4 Å². The quantitative estimate of drug-likeness (QED) is 0.121. The number of likely N-dealkylation sites (N-methyl/N-ethyl adjacent to an activating group) is 2. The third-order valence-electron chi connectivity index (χ3n) is 9.50. The fourth-order valence-electron chi connectivity index (χ4n) is 6.55. The normalized spacial score (nSPS) is 12.2. The van der Waals surface area contributed by atoms with Crippen LogP contribution in [0.2, 0.25) is 0 Å². The second kappa shape index (κ2) is 17.0. The van der Waals surface area contributed by atoms with Crippen molar-refractivity contribution in [3.8, 4) is 0 Å². The number of carbonyl (C=O) groups is 4. The fourth-order valence-corrected chi connectivity index (χ4v) is 7.98. The zero-order valence-corrected chi connectivity index (χ0v) is 32.5. The molecule has 5 aromatic carbocycles. The Hall–Kier alpha value is -6.45. The van der Waals surface area contributed by atoms with Crippen molar-refractivity contribution in [3.63, 3.8) is 0 Å². The number of hydrogen-bond acceptors (Lipinski definition) is 7. The lowest BCUT2D eigenvalue weighted by Crippen LogP contribution is -2.49. The van der Waals surface area contributed by atoms with Gasteiger partial charge in [-0.25, -0.2) is 22.5 Å². The van der Waals surface area contributed by atoms with Gasteiger partial charge < -0.3 is 20.4 Å². The number of thiazole rings is 1. The summed E-state index contributed by atoms with van der Waals surface area (Å²) in [6, 6.07) is 21.1. The number of amides is 4. The van der Waals surface area contributed by atoms with E-state index in [0.29, 0.717) is 29.0 Å². The molecule has 7 aromatic rings. The van der Waals surface area contributed by atoms with E-state index in [1.807, 2.05) is 23.6 Å². The molecule has 0 unspecified atom stereocenters. The van der Waals surface area contributed by atoms with Crippen LogP contribution in [-0.2, 0) is 22.4 Å². The third kappa shape index (κ3) is 9.06. The van der Waals surface area contributed by atoms with E-state index < -0.39 is 59.0 Å². The van der Waals surface area contributed by atoms with E-state index in [-0.39, 0.29) is 35.1 Å². The first kappa shape index (κ1) is 39.8. The summed E-state index contributed by atoms with van der Waals surface area (Å²) in [5.74, 6) is -6.15. The number of nitrogens with zero attached hydrogens (tertiary/aromatic N) is 3. The molecule has 0 fully saturated rings. The van der Waals surface area contributed by atoms with Crippen LogP contribution in [0.1, 0.15) is 31.8 Å². The first-order chi connectivity index (χ1) is 27.8. The molecular weight excluding hydrogens is 791 g/mol. The van der Waals surface area contributed by atoms with Crippen molar-refractivity contribution in [2.75, 3.05) is 23.9 Å². The van der Waals surface area contributed by atoms with Gasteiger partial charge in [-0.3, -0.25) is 19.2 Å². The van der Waals surface area contributed by atoms with Crippen molar-refractivity contribution < 1.29 is 36.7 Å². The summed E-state index contributed by atoms with van der Waals surface area (Å²) < 4.78 is 58.8. The number of fused-ring (bicyclic) bond motifs is 2. The highest BCUT2D eigenvalue weighted by Gasteiger charge is 2.29. The van der Waals surface area contributed by atoms with E-state index in [9.17, 15) is 36.7 Å². The van der Waals surface area contributed by atoms with Crippen LogP contribution < -0.4 is 20.4 Å². The Kier molecular flexibility index (Phi) is 11.6. The van der Waals surface area contributed by atoms with Crippen LogP contribution in [0.25, 0.3) is 20.3 Å². The molecular formula is C43H33F4N5O4S2. The summed E-state index contributed by atoms with van der Waals surface area (Å²) in [4.78, 5) is 62.5. The minimum absolute atomic E-state index is 0.0398. The van der Waals surface area contributed by atoms with Crippen LogP contribution in [0.15, 0.2) is 114 Å². The van der Waals surface area contributed by atoms with E-state index in [1.165, 1.54) is 70.8 Å². The molecule has 0 aliphatic heterocycles. The van der Waals surface area contributed by atoms with Crippen molar-refractivity contribution >= 4 is 78.0 Å². The van der Waals surface area contributed by atoms with Crippen LogP contribution in [0.5, 0.6) is 0 Å². The molecule has 0 saturated heterocycles. The monoisotopic (exact) mass is 823 g/mol. The fraction of sp³-hybridized carbons (Fsp3) is 0.140. The van der Waals surface area contributed by atoms with Gasteiger partial charge in [-0.05, 0) is 107 Å². The van der Waals surface area contributed by atoms with Crippen molar-refractivity contribution in [2.45, 2.75) is 24.9 Å². The van der Waals surface area contributed by atoms with Crippen molar-refractivity contribution in [2.24, 2.45) is 0 Å². The average molecular weight is 824 g/mol. The lowest BCUT2D eigenvalue weighted by molar-refractivity contribution is -0.120. The second-order valence-electron chi connectivity index (χ2n) is 13.5. The molecule has 9 nitrogen and oxygen atoms in total. The van der Waals surface area contributed by atoms with Gasteiger partial charge in [0, 0.05) is 66.3 Å². The zero-order valence-electron chi connectivity index (χ0n) is 30.8. The molecule has 0 saturated carbocycles. The van der Waals surface area contributed by atoms with E-state index in [0.717, 1.165) is 39.1 Å². The Morgan fingerprint density at radius 1 is 0.603 bits per heavy atom. The van der Waals surface area contributed by atoms with E-state index >= 15 is 0 Å². The standard InChI is InChI=1S/C43H33F4N5O4S2/c1-51(33-6-8-38-26(19-33)10-11-57-38)42(55)36(16-24-12-29(44)20-30(45)13-24)49-40(53)27-4-3-5-28(18-27)41(54)50-37(17-25-14-31(46)21-32(47)15-25)43(56)52(2)34-7-9-39-35(22-34)48-23-58-39/h3-15,18-23,36-37H,16-17H2,1-2H3,(H,49,53)(H,50,54)/t36-,37-/m0/s1. The summed E-state index contributed by atoms with van der Waals surface area (Å²) in [5.41, 5.74) is 3.47. The van der Waals surface area contributed by atoms with Gasteiger partial charge in [-0.15, -0.1) is 22.7 Å². The zero-order chi connectivity index (χ0) is 41.1. The van der Waals surface area contributed by atoms with Crippen LogP contribution in [-0.4, -0.2) is 54.8 Å². The third-order valence-corrected chi connectivity index (χ3v) is 11.2. The molecule has 2 heterocycles. The van der Waals surface area contributed by atoms with Crippen LogP contribution in [0.3, 0.4) is 0 Å². The maximum atomic E-state index is 14.2. The first-order valence-electron chi connectivity index (χ1n) is 17.8. The van der Waals surface area contributed by atoms with Gasteiger partial charge in [0.25, 0.3) is 11.8 Å². The highest BCUT2D eigenvalue weighted by Crippen LogP contribution is 2.27. The molecule has 15 heteroatoms. The molecule has 58 heavy (non-hydrogen) atoms. The lowest BCUT2D eigenvalue weighted by atomic mass is 10.0. The molecule has 0 aliphatic carbocycles. The lowest BCUT2D eigenvalue weighted by Gasteiger charge is -2.26. The molecule has 2 N–H and O–H groups in total. The smallest absolute Gasteiger partial charge is 0.251 e. The molecule has 0 radical (unpaired) electrons. The van der Waals surface area contributed by atoms with Crippen molar-refractivity contribution in [1.82, 2.24) is 15.6 Å². The topological polar surface area (TPSA) is 112 Å². The summed E-state index contributed by atoms with van der Waals surface area (Å²) in [6.07, 6.45) is -0.544. The summed E-state index contributed by atoms with van der Waals surface area (Å²) in [7, 11) is 3.02. The summed E-state index contributed by atoms with van der Waals surface area (Å²) in [5, 5.41) is 8.16. The Bertz CT molecular complexity index is 2480. The number of nitrogens with one attached hydrogen (secondary N) is 2. The first-order valence-corrected chi connectivity index (χ1v) is 19.5. The number of hydrogen-bond donors (Lipinski definition) is 2. The number of thiophene rings is 1. The van der Waals surface area contributed by atoms with Gasteiger partial charge in [0.05, 0.1) is 15.7 Å². The number of halogens is 4. The summed E-state index contributed by atoms with van der Waals surface area (Å²) >= 11 is 2.96. The van der Waals surface area contributed by atoms with Gasteiger partial charge >= 0.3 is 0 Å². The number of carbonyl (C=O) groups excluding carboxylic acids is 4. The van der Waals surface area contributed by atoms with Gasteiger partial charge in [-0.2, -0.15) is 0 Å². The maximum absolute atomic E-state index is 14.2. The van der Waals surface area contributed by atoms with Crippen LogP contribution in [0.4, 0.5) is 28.9 Å². The van der Waals surface area contributed by atoms with Crippen molar-refractivity contribution in [3.05, 3.63) is 160 Å². The van der Waals surface area contributed by atoms with Gasteiger partial charge in [-0.1, -0.05) is 6.07 Å². The Morgan fingerprint density at radius 3 is 1.64 bits per heavy atom. The molecule has 0 spiro atoms. The Morgan fingerprint density at radius 2 is 1.10 bits per heavy atom. The molecule has 294 valence electrons. The summed E-state index contributed by atoms with van der Waals surface area (Å²) in [6.45, 7) is 0. The Balaban J connectivity index is 1.13. The number of anilines is 2. The predicted octanol–water partition coefficient (Wildman–Crippen LogP) is 8.08. The Labute approximate surface area is 337 Å². The molecule has 7 rings (SSSR count). The van der Waals surface area contributed by atoms with Crippen LogP contribution >= 0.6 is 22.7 Å². The number of rotatable bonds is 12. The molecule has 2 aromatic heterocycles. The van der Waals surface area contributed by atoms with Crippen molar-refractivity contribution in [1.29, 1.82) is 0 Å². The predicted molar refractivity (Wildman–Crippen MR) is 217 cm³/mol. The van der Waals surface area contributed by atoms with Crippen LogP contribution in [0, 0.1) is 23.3 Å². The van der Waals surface area contributed by atoms with E-state index in [2.05, 4.69) is 15.6 Å². The molecule has 0 bridgehead atoms. The molecule has 0 aliphatic rings. The maximum Gasteiger partial charge on any atom is 0.251 e. The average Bonchev–Trinajstić information content (AvgIpc) is 3.88. The highest BCUT2D eigenvalue weighted by molar-refractivity contribution is 7.17. The van der Waals surface area contributed by atoms with E-state index in [1.54, 1.807) is 29.8 Å². The number of benzene rings is 5. The minimum atomic E-state index is -1.32.